The molecule has 0 unspecified atom stereocenters. The van der Waals surface area contributed by atoms with Crippen molar-refractivity contribution in [2.45, 2.75) is 20.1 Å². The molecule has 2 aromatic rings. The lowest BCUT2D eigenvalue weighted by atomic mass is 10.2. The molecule has 1 aromatic carbocycles. The Kier molecular flexibility index (Phi) is 6.07. The van der Waals surface area contributed by atoms with Gasteiger partial charge in [0.15, 0.2) is 15.7 Å². The van der Waals surface area contributed by atoms with Crippen LogP contribution in [0.5, 0.6) is 5.75 Å². The van der Waals surface area contributed by atoms with Crippen LogP contribution in [0.15, 0.2) is 36.5 Å². The standard InChI is InChI=1S/C15H17F2N3O4S/c1-2-25(22,23)10-9-20-8-7-13(19-20)18-14(21)11-3-5-12(6-4-11)24-15(16)17/h3-8,15H,2,9-10H2,1H3,(H,18,19,21). The minimum atomic E-state index is -3.10. The van der Waals surface area contributed by atoms with E-state index in [0.29, 0.717) is 0 Å². The number of aryl methyl sites for hydroxylation is 1. The van der Waals surface area contributed by atoms with Gasteiger partial charge in [0.1, 0.15) is 5.75 Å². The highest BCUT2D eigenvalue weighted by Gasteiger charge is 2.11. The van der Waals surface area contributed by atoms with Crippen LogP contribution in [0, 0.1) is 0 Å². The minimum absolute atomic E-state index is 0.0375. The van der Waals surface area contributed by atoms with Crippen LogP contribution in [-0.4, -0.2) is 42.2 Å². The van der Waals surface area contributed by atoms with Crippen LogP contribution in [0.2, 0.25) is 0 Å². The molecular formula is C15H17F2N3O4S. The van der Waals surface area contributed by atoms with Gasteiger partial charge in [0.2, 0.25) is 0 Å². The first-order chi connectivity index (χ1) is 11.8. The number of amides is 1. The molecule has 7 nitrogen and oxygen atoms in total. The monoisotopic (exact) mass is 373 g/mol. The Morgan fingerprint density at radius 1 is 1.28 bits per heavy atom. The third-order valence-corrected chi connectivity index (χ3v) is 4.98. The second-order valence-corrected chi connectivity index (χ2v) is 7.53. The lowest BCUT2D eigenvalue weighted by Gasteiger charge is -2.06. The normalized spacial score (nSPS) is 11.5. The van der Waals surface area contributed by atoms with Crippen molar-refractivity contribution in [3.8, 4) is 5.75 Å². The molecule has 0 saturated carbocycles. The van der Waals surface area contributed by atoms with Crippen LogP contribution < -0.4 is 10.1 Å². The fraction of sp³-hybridized carbons (Fsp3) is 0.333. The van der Waals surface area contributed by atoms with Gasteiger partial charge < -0.3 is 10.1 Å². The van der Waals surface area contributed by atoms with Crippen LogP contribution in [0.1, 0.15) is 17.3 Å². The zero-order chi connectivity index (χ0) is 18.4. The summed E-state index contributed by atoms with van der Waals surface area (Å²) < 4.78 is 52.7. The van der Waals surface area contributed by atoms with Gasteiger partial charge in [-0.1, -0.05) is 6.92 Å². The van der Waals surface area contributed by atoms with E-state index >= 15 is 0 Å². The molecule has 0 bridgehead atoms. The summed E-state index contributed by atoms with van der Waals surface area (Å²) in [6.07, 6.45) is 1.56. The second-order valence-electron chi connectivity index (χ2n) is 5.06. The zero-order valence-corrected chi connectivity index (χ0v) is 14.2. The van der Waals surface area contributed by atoms with Gasteiger partial charge in [0, 0.05) is 23.6 Å². The molecule has 0 spiro atoms. The first-order valence-corrected chi connectivity index (χ1v) is 9.21. The van der Waals surface area contributed by atoms with E-state index < -0.39 is 22.4 Å². The largest absolute Gasteiger partial charge is 0.435 e. The van der Waals surface area contributed by atoms with Gasteiger partial charge in [0.05, 0.1) is 12.3 Å². The van der Waals surface area contributed by atoms with E-state index in [2.05, 4.69) is 15.2 Å². The average Bonchev–Trinajstić information content (AvgIpc) is 3.01. The number of carbonyl (C=O) groups excluding carboxylic acids is 1. The van der Waals surface area contributed by atoms with Crippen LogP contribution in [-0.2, 0) is 16.4 Å². The second kappa shape index (κ2) is 8.06. The van der Waals surface area contributed by atoms with E-state index in [4.69, 9.17) is 0 Å². The highest BCUT2D eigenvalue weighted by Crippen LogP contribution is 2.15. The Hall–Kier alpha value is -2.49. The van der Waals surface area contributed by atoms with E-state index in [1.165, 1.54) is 35.0 Å². The number of hydrogen-bond acceptors (Lipinski definition) is 5. The molecule has 1 N–H and O–H groups in total. The van der Waals surface area contributed by atoms with Crippen LogP contribution in [0.25, 0.3) is 0 Å². The number of benzene rings is 1. The van der Waals surface area contributed by atoms with Gasteiger partial charge in [-0.15, -0.1) is 0 Å². The molecule has 25 heavy (non-hydrogen) atoms. The van der Waals surface area contributed by atoms with Crippen molar-refractivity contribution in [3.63, 3.8) is 0 Å². The quantitative estimate of drug-likeness (QED) is 0.766. The van der Waals surface area contributed by atoms with Gasteiger partial charge in [-0.25, -0.2) is 8.42 Å². The molecule has 0 aliphatic rings. The maximum absolute atomic E-state index is 12.1. The summed E-state index contributed by atoms with van der Waals surface area (Å²) in [5.74, 6) is -0.248. The van der Waals surface area contributed by atoms with Crippen LogP contribution in [0.3, 0.4) is 0 Å². The van der Waals surface area contributed by atoms with Gasteiger partial charge in [-0.2, -0.15) is 13.9 Å². The molecule has 0 radical (unpaired) electrons. The Bertz CT molecular complexity index is 820. The van der Waals surface area contributed by atoms with Crippen LogP contribution in [0.4, 0.5) is 14.6 Å². The zero-order valence-electron chi connectivity index (χ0n) is 13.4. The molecule has 0 saturated heterocycles. The molecule has 0 aliphatic carbocycles. The fourth-order valence-corrected chi connectivity index (χ4v) is 2.66. The lowest BCUT2D eigenvalue weighted by molar-refractivity contribution is -0.0498. The molecule has 1 heterocycles. The van der Waals surface area contributed by atoms with E-state index in [9.17, 15) is 22.0 Å². The number of nitrogens with zero attached hydrogens (tertiary/aromatic N) is 2. The Morgan fingerprint density at radius 3 is 2.56 bits per heavy atom. The number of sulfone groups is 1. The van der Waals surface area contributed by atoms with Gasteiger partial charge >= 0.3 is 6.61 Å². The third-order valence-electron chi connectivity index (χ3n) is 3.30. The first kappa shape index (κ1) is 18.8. The topological polar surface area (TPSA) is 90.3 Å². The summed E-state index contributed by atoms with van der Waals surface area (Å²) in [6.45, 7) is -1.17. The summed E-state index contributed by atoms with van der Waals surface area (Å²) in [5.41, 5.74) is 0.240. The summed E-state index contributed by atoms with van der Waals surface area (Å²) in [4.78, 5) is 12.1. The molecule has 0 fully saturated rings. The maximum atomic E-state index is 12.1. The van der Waals surface area contributed by atoms with Crippen molar-refractivity contribution in [2.75, 3.05) is 16.8 Å². The SMILES string of the molecule is CCS(=O)(=O)CCn1ccc(NC(=O)c2ccc(OC(F)F)cc2)n1. The molecule has 0 atom stereocenters. The van der Waals surface area contributed by atoms with Gasteiger partial charge in [0.25, 0.3) is 5.91 Å². The fourth-order valence-electron chi connectivity index (χ4n) is 1.91. The van der Waals surface area contributed by atoms with Crippen LogP contribution >= 0.6 is 0 Å². The number of nitrogens with one attached hydrogen (secondary N) is 1. The van der Waals surface area contributed by atoms with Crippen molar-refractivity contribution in [3.05, 3.63) is 42.1 Å². The minimum Gasteiger partial charge on any atom is -0.435 e. The molecule has 10 heteroatoms. The number of hydrogen-bond donors (Lipinski definition) is 1. The van der Waals surface area contributed by atoms with Crippen molar-refractivity contribution in [1.82, 2.24) is 9.78 Å². The van der Waals surface area contributed by atoms with E-state index in [1.807, 2.05) is 0 Å². The lowest BCUT2D eigenvalue weighted by Crippen LogP contribution is -2.16. The molecule has 136 valence electrons. The van der Waals surface area contributed by atoms with Crippen molar-refractivity contribution in [2.24, 2.45) is 0 Å². The van der Waals surface area contributed by atoms with E-state index in [-0.39, 0.29) is 35.2 Å². The predicted octanol–water partition coefficient (Wildman–Crippen LogP) is 2.17. The highest BCUT2D eigenvalue weighted by molar-refractivity contribution is 7.91. The van der Waals surface area contributed by atoms with Gasteiger partial charge in [-0.3, -0.25) is 9.48 Å². The number of anilines is 1. The molecule has 1 amide bonds. The summed E-state index contributed by atoms with van der Waals surface area (Å²) in [7, 11) is -3.10. The highest BCUT2D eigenvalue weighted by atomic mass is 32.2. The summed E-state index contributed by atoms with van der Waals surface area (Å²) in [5, 5.41) is 6.61. The Labute approximate surface area is 143 Å². The van der Waals surface area contributed by atoms with E-state index in [0.717, 1.165) is 0 Å². The number of carbonyl (C=O) groups is 1. The number of halogens is 2. The first-order valence-electron chi connectivity index (χ1n) is 7.39. The Morgan fingerprint density at radius 2 is 1.96 bits per heavy atom. The van der Waals surface area contributed by atoms with Crippen molar-refractivity contribution >= 4 is 21.6 Å². The van der Waals surface area contributed by atoms with Crippen molar-refractivity contribution < 1.29 is 26.7 Å². The molecule has 2 rings (SSSR count). The maximum Gasteiger partial charge on any atom is 0.387 e. The molecule has 1 aromatic heterocycles. The third kappa shape index (κ3) is 5.82. The number of alkyl halides is 2. The molecular weight excluding hydrogens is 356 g/mol. The van der Waals surface area contributed by atoms with Gasteiger partial charge in [-0.05, 0) is 24.3 Å². The average molecular weight is 373 g/mol. The number of ether oxygens (including phenoxy) is 1. The number of aromatic nitrogens is 2. The summed E-state index contributed by atoms with van der Waals surface area (Å²) in [6, 6.07) is 6.74. The predicted molar refractivity (Wildman–Crippen MR) is 87.6 cm³/mol. The Balaban J connectivity index is 1.94. The van der Waals surface area contributed by atoms with Crippen molar-refractivity contribution in [1.29, 1.82) is 0 Å². The van der Waals surface area contributed by atoms with E-state index in [1.54, 1.807) is 13.1 Å². The molecule has 0 aliphatic heterocycles. The smallest absolute Gasteiger partial charge is 0.387 e. The summed E-state index contributed by atoms with van der Waals surface area (Å²) >= 11 is 0. The number of rotatable bonds is 8.